The van der Waals surface area contributed by atoms with Gasteiger partial charge in [0, 0.05) is 12.5 Å². The summed E-state index contributed by atoms with van der Waals surface area (Å²) in [6.45, 7) is 9.63. The average molecular weight is 283 g/mol. The van der Waals surface area contributed by atoms with Crippen LogP contribution in [0.4, 0.5) is 9.93 Å². The highest BCUT2D eigenvalue weighted by atomic mass is 32.1. The molecule has 1 aliphatic rings. The number of fused-ring (bicyclic) bond motifs is 1. The van der Waals surface area contributed by atoms with E-state index in [-0.39, 0.29) is 18.2 Å². The molecule has 0 bridgehead atoms. The average Bonchev–Trinajstić information content (AvgIpc) is 2.55. The van der Waals surface area contributed by atoms with E-state index >= 15 is 0 Å². The zero-order chi connectivity index (χ0) is 14.4. The fraction of sp³-hybridized carbons (Fsp3) is 0.692. The maximum absolute atomic E-state index is 12.3. The van der Waals surface area contributed by atoms with E-state index in [0.29, 0.717) is 5.13 Å². The van der Waals surface area contributed by atoms with E-state index < -0.39 is 5.60 Å². The predicted molar refractivity (Wildman–Crippen MR) is 76.2 cm³/mol. The van der Waals surface area contributed by atoms with Gasteiger partial charge in [0.15, 0.2) is 5.13 Å². The smallest absolute Gasteiger partial charge is 0.411 e. The Morgan fingerprint density at radius 2 is 2.11 bits per heavy atom. The molecule has 2 atom stereocenters. The first-order valence-electron chi connectivity index (χ1n) is 6.45. The second-order valence-electron chi connectivity index (χ2n) is 5.98. The van der Waals surface area contributed by atoms with Crippen LogP contribution < -0.4 is 5.73 Å². The summed E-state index contributed by atoms with van der Waals surface area (Å²) in [5, 5.41) is 0.565. The number of carbonyl (C=O) groups is 1. The summed E-state index contributed by atoms with van der Waals surface area (Å²) in [5.41, 5.74) is 6.30. The van der Waals surface area contributed by atoms with E-state index in [2.05, 4.69) is 4.98 Å². The number of aromatic nitrogens is 1. The molecule has 2 heterocycles. The zero-order valence-electron chi connectivity index (χ0n) is 12.1. The minimum absolute atomic E-state index is 0.0385. The minimum Gasteiger partial charge on any atom is -0.444 e. The summed E-state index contributed by atoms with van der Waals surface area (Å²) < 4.78 is 5.48. The largest absolute Gasteiger partial charge is 0.444 e. The van der Waals surface area contributed by atoms with Crippen molar-refractivity contribution in [3.63, 3.8) is 0 Å². The van der Waals surface area contributed by atoms with Crippen LogP contribution in [0.3, 0.4) is 0 Å². The van der Waals surface area contributed by atoms with Gasteiger partial charge in [-0.05, 0) is 34.6 Å². The number of nitrogens with two attached hydrogens (primary N) is 1. The summed E-state index contributed by atoms with van der Waals surface area (Å²) in [7, 11) is 0. The Bertz CT molecular complexity index is 493. The summed E-state index contributed by atoms with van der Waals surface area (Å²) in [6.07, 6.45) is 0.456. The van der Waals surface area contributed by atoms with Gasteiger partial charge in [-0.3, -0.25) is 4.90 Å². The third kappa shape index (κ3) is 2.83. The Labute approximate surface area is 117 Å². The van der Waals surface area contributed by atoms with E-state index in [9.17, 15) is 4.79 Å². The highest BCUT2D eigenvalue weighted by Gasteiger charge is 2.37. The van der Waals surface area contributed by atoms with Gasteiger partial charge in [-0.25, -0.2) is 9.78 Å². The quantitative estimate of drug-likeness (QED) is 0.794. The van der Waals surface area contributed by atoms with Crippen LogP contribution >= 0.6 is 11.3 Å². The Morgan fingerprint density at radius 3 is 2.68 bits per heavy atom. The first-order chi connectivity index (χ1) is 8.69. The number of ether oxygens (including phenoxy) is 1. The molecule has 0 saturated carbocycles. The lowest BCUT2D eigenvalue weighted by Gasteiger charge is -2.38. The van der Waals surface area contributed by atoms with E-state index in [4.69, 9.17) is 10.5 Å². The molecule has 0 radical (unpaired) electrons. The molecular weight excluding hydrogens is 262 g/mol. The van der Waals surface area contributed by atoms with Gasteiger partial charge in [-0.1, -0.05) is 11.3 Å². The van der Waals surface area contributed by atoms with Crippen molar-refractivity contribution < 1.29 is 9.53 Å². The van der Waals surface area contributed by atoms with Gasteiger partial charge in [0.25, 0.3) is 0 Å². The van der Waals surface area contributed by atoms with E-state index in [1.165, 1.54) is 11.3 Å². The summed E-state index contributed by atoms with van der Waals surface area (Å²) in [4.78, 5) is 19.5. The summed E-state index contributed by atoms with van der Waals surface area (Å²) in [5.74, 6) is 0. The number of rotatable bonds is 0. The number of hydrogen-bond acceptors (Lipinski definition) is 5. The molecule has 0 aromatic carbocycles. The normalized spacial score (nSPS) is 23.1. The van der Waals surface area contributed by atoms with E-state index in [1.54, 1.807) is 4.90 Å². The van der Waals surface area contributed by atoms with Crippen LogP contribution in [0.2, 0.25) is 0 Å². The van der Waals surface area contributed by atoms with Crippen molar-refractivity contribution in [1.82, 2.24) is 9.88 Å². The highest BCUT2D eigenvalue weighted by molar-refractivity contribution is 7.15. The fourth-order valence-corrected chi connectivity index (χ4v) is 3.31. The number of nitrogen functional groups attached to an aromatic ring is 1. The number of carbonyl (C=O) groups excluding carboxylic acids is 1. The third-order valence-electron chi connectivity index (χ3n) is 3.11. The Hall–Kier alpha value is -1.30. The topological polar surface area (TPSA) is 68.5 Å². The van der Waals surface area contributed by atoms with Crippen molar-refractivity contribution >= 4 is 22.6 Å². The van der Waals surface area contributed by atoms with Gasteiger partial charge in [-0.15, -0.1) is 0 Å². The lowest BCUT2D eigenvalue weighted by Crippen LogP contribution is -2.46. The molecule has 106 valence electrons. The lowest BCUT2D eigenvalue weighted by atomic mass is 10.0. The lowest BCUT2D eigenvalue weighted by molar-refractivity contribution is 0.00616. The predicted octanol–water partition coefficient (Wildman–Crippen LogP) is 2.97. The van der Waals surface area contributed by atoms with Gasteiger partial charge in [0.05, 0.1) is 16.6 Å². The van der Waals surface area contributed by atoms with Crippen molar-refractivity contribution in [2.75, 3.05) is 5.73 Å². The van der Waals surface area contributed by atoms with Gasteiger partial charge >= 0.3 is 6.09 Å². The number of hydrogen-bond donors (Lipinski definition) is 1. The molecule has 0 fully saturated rings. The first-order valence-corrected chi connectivity index (χ1v) is 7.27. The Balaban J connectivity index is 2.25. The number of nitrogens with zero attached hydrogens (tertiary/aromatic N) is 2. The standard InChI is InChI=1S/C13H21N3O2S/c1-7-6-9-10(19-11(14)15-9)8(2)16(7)12(17)18-13(3,4)5/h7-8H,6H2,1-5H3,(H2,14,15)/t7-,8-/m1/s1. The van der Waals surface area contributed by atoms with Crippen LogP contribution in [0, 0.1) is 0 Å². The van der Waals surface area contributed by atoms with Crippen LogP contribution in [0.1, 0.15) is 51.2 Å². The van der Waals surface area contributed by atoms with Gasteiger partial charge in [0.2, 0.25) is 0 Å². The van der Waals surface area contributed by atoms with Gasteiger partial charge < -0.3 is 10.5 Å². The van der Waals surface area contributed by atoms with Gasteiger partial charge in [-0.2, -0.15) is 0 Å². The van der Waals surface area contributed by atoms with Crippen molar-refractivity contribution in [2.45, 2.75) is 58.7 Å². The summed E-state index contributed by atoms with van der Waals surface area (Å²) >= 11 is 1.46. The molecule has 1 aliphatic heterocycles. The summed E-state index contributed by atoms with van der Waals surface area (Å²) in [6, 6.07) is 0.0299. The zero-order valence-corrected chi connectivity index (χ0v) is 12.9. The number of amides is 1. The Morgan fingerprint density at radius 1 is 1.47 bits per heavy atom. The molecule has 1 aromatic heterocycles. The fourth-order valence-electron chi connectivity index (χ4n) is 2.39. The van der Waals surface area contributed by atoms with E-state index in [0.717, 1.165) is 17.0 Å². The number of thiazole rings is 1. The van der Waals surface area contributed by atoms with Crippen LogP contribution in [-0.4, -0.2) is 27.6 Å². The molecule has 0 saturated heterocycles. The minimum atomic E-state index is -0.483. The molecule has 1 aromatic rings. The van der Waals surface area contributed by atoms with Crippen LogP contribution in [0.15, 0.2) is 0 Å². The molecule has 2 N–H and O–H groups in total. The van der Waals surface area contributed by atoms with Gasteiger partial charge in [0.1, 0.15) is 5.60 Å². The molecular formula is C13H21N3O2S. The molecule has 0 spiro atoms. The van der Waals surface area contributed by atoms with Crippen LogP contribution in [-0.2, 0) is 11.2 Å². The van der Waals surface area contributed by atoms with Crippen LogP contribution in [0.5, 0.6) is 0 Å². The molecule has 1 amide bonds. The molecule has 0 unspecified atom stereocenters. The maximum atomic E-state index is 12.3. The van der Waals surface area contributed by atoms with Crippen molar-refractivity contribution in [2.24, 2.45) is 0 Å². The molecule has 19 heavy (non-hydrogen) atoms. The second kappa shape index (κ2) is 4.67. The van der Waals surface area contributed by atoms with Crippen molar-refractivity contribution in [3.8, 4) is 0 Å². The first kappa shape index (κ1) is 14.1. The molecule has 2 rings (SSSR count). The SMILES string of the molecule is C[C@@H]1Cc2nc(N)sc2[C@@H](C)N1C(=O)OC(C)(C)C. The van der Waals surface area contributed by atoms with Crippen LogP contribution in [0.25, 0.3) is 0 Å². The molecule has 6 heteroatoms. The molecule has 5 nitrogen and oxygen atoms in total. The van der Waals surface area contributed by atoms with E-state index in [1.807, 2.05) is 34.6 Å². The van der Waals surface area contributed by atoms with Crippen molar-refractivity contribution in [3.05, 3.63) is 10.6 Å². The number of anilines is 1. The molecule has 0 aliphatic carbocycles. The highest BCUT2D eigenvalue weighted by Crippen LogP contribution is 2.38. The Kier molecular flexibility index (Phi) is 3.47. The monoisotopic (exact) mass is 283 g/mol. The second-order valence-corrected chi connectivity index (χ2v) is 7.04. The maximum Gasteiger partial charge on any atom is 0.411 e. The van der Waals surface area contributed by atoms with Crippen molar-refractivity contribution in [1.29, 1.82) is 0 Å². The third-order valence-corrected chi connectivity index (χ3v) is 4.21.